The van der Waals surface area contributed by atoms with Gasteiger partial charge in [0.05, 0.1) is 5.69 Å². The van der Waals surface area contributed by atoms with E-state index in [1.807, 2.05) is 35.2 Å². The second-order valence-corrected chi connectivity index (χ2v) is 7.34. The minimum atomic E-state index is -0.604. The molecule has 6 heteroatoms. The number of hydrogen-bond donors (Lipinski definition) is 1. The molecule has 25 heavy (non-hydrogen) atoms. The standard InChI is InChI=1S/C19H24N4O2/c1-19(2)9-6-11-22(12-10-19)18(25)15-13-16(17(20)24)23(21-15)14-7-4-3-5-8-14/h3-5,7-8,13H,6,9-12H2,1-2H3,(H2,20,24). The molecule has 2 aromatic rings. The van der Waals surface area contributed by atoms with Crippen molar-refractivity contribution in [1.29, 1.82) is 0 Å². The van der Waals surface area contributed by atoms with E-state index < -0.39 is 5.91 Å². The summed E-state index contributed by atoms with van der Waals surface area (Å²) in [5, 5.41) is 4.37. The Balaban J connectivity index is 1.90. The molecule has 0 aliphatic carbocycles. The Morgan fingerprint density at radius 3 is 2.52 bits per heavy atom. The third-order valence-electron chi connectivity index (χ3n) is 4.81. The van der Waals surface area contributed by atoms with Crippen LogP contribution in [0.25, 0.3) is 5.69 Å². The van der Waals surface area contributed by atoms with E-state index in [9.17, 15) is 9.59 Å². The van der Waals surface area contributed by atoms with Gasteiger partial charge in [0.15, 0.2) is 5.69 Å². The number of hydrogen-bond acceptors (Lipinski definition) is 3. The molecule has 1 aromatic carbocycles. The van der Waals surface area contributed by atoms with Gasteiger partial charge in [0.1, 0.15) is 5.69 Å². The van der Waals surface area contributed by atoms with Gasteiger partial charge >= 0.3 is 0 Å². The van der Waals surface area contributed by atoms with E-state index in [0.717, 1.165) is 19.3 Å². The normalized spacial score (nSPS) is 17.1. The van der Waals surface area contributed by atoms with E-state index in [-0.39, 0.29) is 22.7 Å². The minimum Gasteiger partial charge on any atom is -0.364 e. The summed E-state index contributed by atoms with van der Waals surface area (Å²) in [4.78, 5) is 26.5. The molecule has 1 saturated heterocycles. The van der Waals surface area contributed by atoms with Crippen LogP contribution in [0.4, 0.5) is 0 Å². The van der Waals surface area contributed by atoms with E-state index in [1.165, 1.54) is 10.7 Å². The molecule has 2 amide bonds. The van der Waals surface area contributed by atoms with Crippen molar-refractivity contribution in [2.45, 2.75) is 33.1 Å². The van der Waals surface area contributed by atoms with Crippen LogP contribution < -0.4 is 5.73 Å². The molecule has 2 N–H and O–H groups in total. The molecule has 0 spiro atoms. The second kappa shape index (κ2) is 6.70. The van der Waals surface area contributed by atoms with Gasteiger partial charge in [0.2, 0.25) is 0 Å². The summed E-state index contributed by atoms with van der Waals surface area (Å²) in [5.41, 5.74) is 6.90. The van der Waals surface area contributed by atoms with Gasteiger partial charge in [0.25, 0.3) is 11.8 Å². The smallest absolute Gasteiger partial charge is 0.274 e. The maximum atomic E-state index is 12.9. The van der Waals surface area contributed by atoms with E-state index in [0.29, 0.717) is 18.8 Å². The van der Waals surface area contributed by atoms with E-state index in [4.69, 9.17) is 5.73 Å². The SMILES string of the molecule is CC1(C)CCCN(C(=O)c2cc(C(N)=O)n(-c3ccccc3)n2)CC1. The van der Waals surface area contributed by atoms with Crippen molar-refractivity contribution in [3.63, 3.8) is 0 Å². The Morgan fingerprint density at radius 2 is 1.84 bits per heavy atom. The number of aromatic nitrogens is 2. The first-order valence-electron chi connectivity index (χ1n) is 8.62. The number of rotatable bonds is 3. The second-order valence-electron chi connectivity index (χ2n) is 7.34. The number of nitrogens with two attached hydrogens (primary N) is 1. The Hall–Kier alpha value is -2.63. The molecule has 1 aromatic heterocycles. The van der Waals surface area contributed by atoms with Crippen molar-refractivity contribution >= 4 is 11.8 Å². The number of nitrogens with zero attached hydrogens (tertiary/aromatic N) is 3. The number of likely N-dealkylation sites (tertiary alicyclic amines) is 1. The first kappa shape index (κ1) is 17.2. The molecular formula is C19H24N4O2. The molecule has 1 fully saturated rings. The Morgan fingerprint density at radius 1 is 1.12 bits per heavy atom. The van der Waals surface area contributed by atoms with Crippen molar-refractivity contribution in [1.82, 2.24) is 14.7 Å². The van der Waals surface area contributed by atoms with E-state index in [2.05, 4.69) is 18.9 Å². The third kappa shape index (κ3) is 3.73. The van der Waals surface area contributed by atoms with Gasteiger partial charge in [-0.25, -0.2) is 4.68 Å². The fraction of sp³-hybridized carbons (Fsp3) is 0.421. The van der Waals surface area contributed by atoms with E-state index >= 15 is 0 Å². The topological polar surface area (TPSA) is 81.2 Å². The van der Waals surface area contributed by atoms with Crippen LogP contribution in [0, 0.1) is 5.41 Å². The molecule has 0 saturated carbocycles. The van der Waals surface area contributed by atoms with Crippen molar-refractivity contribution in [2.24, 2.45) is 11.1 Å². The highest BCUT2D eigenvalue weighted by Crippen LogP contribution is 2.30. The predicted molar refractivity (Wildman–Crippen MR) is 95.6 cm³/mol. The first-order chi connectivity index (χ1) is 11.9. The summed E-state index contributed by atoms with van der Waals surface area (Å²) < 4.78 is 1.44. The molecule has 1 aliphatic rings. The van der Waals surface area contributed by atoms with Crippen LogP contribution in [0.3, 0.4) is 0 Å². The lowest BCUT2D eigenvalue weighted by Gasteiger charge is -2.22. The van der Waals surface area contributed by atoms with Crippen molar-refractivity contribution in [3.8, 4) is 5.69 Å². The summed E-state index contributed by atoms with van der Waals surface area (Å²) in [5.74, 6) is -0.748. The van der Waals surface area contributed by atoms with Crippen molar-refractivity contribution < 1.29 is 9.59 Å². The molecule has 0 unspecified atom stereocenters. The number of primary amides is 1. The lowest BCUT2D eigenvalue weighted by Crippen LogP contribution is -2.32. The average molecular weight is 340 g/mol. The number of carbonyl (C=O) groups excluding carboxylic acids is 2. The third-order valence-corrected chi connectivity index (χ3v) is 4.81. The fourth-order valence-electron chi connectivity index (χ4n) is 3.22. The average Bonchev–Trinajstić information content (AvgIpc) is 2.95. The highest BCUT2D eigenvalue weighted by Gasteiger charge is 2.28. The van der Waals surface area contributed by atoms with Crippen LogP contribution in [-0.4, -0.2) is 39.6 Å². The molecular weight excluding hydrogens is 316 g/mol. The van der Waals surface area contributed by atoms with Crippen LogP contribution in [0.15, 0.2) is 36.4 Å². The lowest BCUT2D eigenvalue weighted by atomic mass is 9.85. The van der Waals surface area contributed by atoms with Gasteiger partial charge in [-0.3, -0.25) is 9.59 Å². The summed E-state index contributed by atoms with van der Waals surface area (Å²) >= 11 is 0. The first-order valence-corrected chi connectivity index (χ1v) is 8.62. The zero-order chi connectivity index (χ0) is 18.0. The van der Waals surface area contributed by atoms with Gasteiger partial charge in [-0.1, -0.05) is 32.0 Å². The Labute approximate surface area is 147 Å². The molecule has 3 rings (SSSR count). The van der Waals surface area contributed by atoms with Crippen molar-refractivity contribution in [2.75, 3.05) is 13.1 Å². The molecule has 0 radical (unpaired) electrons. The quantitative estimate of drug-likeness (QED) is 0.932. The summed E-state index contributed by atoms with van der Waals surface area (Å²) in [6.45, 7) is 5.88. The molecule has 2 heterocycles. The number of para-hydroxylation sites is 1. The van der Waals surface area contributed by atoms with Crippen LogP contribution in [0.1, 0.15) is 54.1 Å². The van der Waals surface area contributed by atoms with Gasteiger partial charge < -0.3 is 10.6 Å². The van der Waals surface area contributed by atoms with E-state index in [1.54, 1.807) is 0 Å². The zero-order valence-corrected chi connectivity index (χ0v) is 14.7. The Bertz CT molecular complexity index is 780. The lowest BCUT2D eigenvalue weighted by molar-refractivity contribution is 0.0751. The molecule has 0 bridgehead atoms. The van der Waals surface area contributed by atoms with Gasteiger partial charge in [-0.2, -0.15) is 5.10 Å². The summed E-state index contributed by atoms with van der Waals surface area (Å²) in [7, 11) is 0. The monoisotopic (exact) mass is 340 g/mol. The number of benzene rings is 1. The number of carbonyl (C=O) groups is 2. The van der Waals surface area contributed by atoms with Gasteiger partial charge in [-0.15, -0.1) is 0 Å². The van der Waals surface area contributed by atoms with Crippen LogP contribution in [0.2, 0.25) is 0 Å². The molecule has 132 valence electrons. The molecule has 1 aliphatic heterocycles. The number of amides is 2. The molecule has 6 nitrogen and oxygen atoms in total. The summed E-state index contributed by atoms with van der Waals surface area (Å²) in [6.07, 6.45) is 3.03. The predicted octanol–water partition coefficient (Wildman–Crippen LogP) is 2.62. The Kier molecular flexibility index (Phi) is 4.61. The minimum absolute atomic E-state index is 0.144. The largest absolute Gasteiger partial charge is 0.364 e. The van der Waals surface area contributed by atoms with Crippen LogP contribution in [-0.2, 0) is 0 Å². The fourth-order valence-corrected chi connectivity index (χ4v) is 3.22. The van der Waals surface area contributed by atoms with Gasteiger partial charge in [0, 0.05) is 19.2 Å². The zero-order valence-electron chi connectivity index (χ0n) is 14.7. The maximum Gasteiger partial charge on any atom is 0.274 e. The van der Waals surface area contributed by atoms with Crippen LogP contribution >= 0.6 is 0 Å². The highest BCUT2D eigenvalue weighted by molar-refractivity contribution is 5.97. The van der Waals surface area contributed by atoms with Gasteiger partial charge in [-0.05, 0) is 36.8 Å². The van der Waals surface area contributed by atoms with Crippen LogP contribution in [0.5, 0.6) is 0 Å². The summed E-state index contributed by atoms with van der Waals surface area (Å²) in [6, 6.07) is 10.7. The maximum absolute atomic E-state index is 12.9. The molecule has 0 atom stereocenters. The highest BCUT2D eigenvalue weighted by atomic mass is 16.2. The van der Waals surface area contributed by atoms with Crippen molar-refractivity contribution in [3.05, 3.63) is 47.8 Å².